The highest BCUT2D eigenvalue weighted by atomic mass is 35.5. The summed E-state index contributed by atoms with van der Waals surface area (Å²) in [6.07, 6.45) is 0. The Morgan fingerprint density at radius 3 is 2.46 bits per heavy atom. The van der Waals surface area contributed by atoms with E-state index in [1.54, 1.807) is 24.3 Å². The van der Waals surface area contributed by atoms with Gasteiger partial charge in [0.25, 0.3) is 5.91 Å². The maximum atomic E-state index is 13.3. The second-order valence-corrected chi connectivity index (χ2v) is 6.50. The number of benzene rings is 2. The first-order valence-electron chi connectivity index (χ1n) is 8.76. The van der Waals surface area contributed by atoms with Crippen molar-refractivity contribution in [1.82, 2.24) is 10.2 Å². The zero-order chi connectivity index (χ0) is 18.5. The standard InChI is InChI=1S/C20H24FN3O2.2ClH/c1-14-2-7-17(22)12-18(14)20(25)23-13-19(24-8-10-26-11-9-24)15-3-5-16(21)6-4-15;;/h2-7,12,19H,8-11,13,22H2,1H3,(H,23,25);2*1H. The third-order valence-electron chi connectivity index (χ3n) is 4.70. The molecule has 1 unspecified atom stereocenters. The van der Waals surface area contributed by atoms with Gasteiger partial charge in [-0.1, -0.05) is 18.2 Å². The fourth-order valence-electron chi connectivity index (χ4n) is 3.20. The molecule has 0 aliphatic carbocycles. The molecule has 8 heteroatoms. The molecule has 5 nitrogen and oxygen atoms in total. The third kappa shape index (κ3) is 6.07. The molecule has 0 bridgehead atoms. The number of ether oxygens (including phenoxy) is 1. The van der Waals surface area contributed by atoms with Crippen molar-refractivity contribution in [2.24, 2.45) is 0 Å². The predicted octanol–water partition coefficient (Wildman–Crippen LogP) is 3.36. The highest BCUT2D eigenvalue weighted by Gasteiger charge is 2.23. The SMILES string of the molecule is Cc1ccc(N)cc1C(=O)NCC(c1ccc(F)cc1)N1CCOCC1.Cl.Cl. The van der Waals surface area contributed by atoms with Gasteiger partial charge >= 0.3 is 0 Å². The maximum Gasteiger partial charge on any atom is 0.251 e. The molecule has 1 aliphatic heterocycles. The summed E-state index contributed by atoms with van der Waals surface area (Å²) in [5, 5.41) is 3.01. The van der Waals surface area contributed by atoms with Crippen LogP contribution >= 0.6 is 24.8 Å². The number of halogens is 3. The van der Waals surface area contributed by atoms with E-state index in [0.717, 1.165) is 24.2 Å². The number of amides is 1. The van der Waals surface area contributed by atoms with Gasteiger partial charge in [-0.2, -0.15) is 0 Å². The number of carbonyl (C=O) groups is 1. The maximum absolute atomic E-state index is 13.3. The van der Waals surface area contributed by atoms with E-state index in [-0.39, 0.29) is 42.6 Å². The minimum atomic E-state index is -0.270. The molecule has 3 N–H and O–H groups in total. The van der Waals surface area contributed by atoms with Gasteiger partial charge in [-0.25, -0.2) is 4.39 Å². The van der Waals surface area contributed by atoms with E-state index >= 15 is 0 Å². The smallest absolute Gasteiger partial charge is 0.251 e. The highest BCUT2D eigenvalue weighted by molar-refractivity contribution is 5.96. The van der Waals surface area contributed by atoms with E-state index in [0.29, 0.717) is 31.0 Å². The largest absolute Gasteiger partial charge is 0.399 e. The van der Waals surface area contributed by atoms with E-state index in [9.17, 15) is 9.18 Å². The predicted molar refractivity (Wildman–Crippen MR) is 114 cm³/mol. The molecule has 28 heavy (non-hydrogen) atoms. The average molecular weight is 430 g/mol. The molecule has 0 aromatic heterocycles. The molecule has 3 rings (SSSR count). The number of carbonyl (C=O) groups excluding carboxylic acids is 1. The highest BCUT2D eigenvalue weighted by Crippen LogP contribution is 2.22. The summed E-state index contributed by atoms with van der Waals surface area (Å²) in [4.78, 5) is 14.9. The zero-order valence-corrected chi connectivity index (χ0v) is 17.3. The van der Waals surface area contributed by atoms with Crippen LogP contribution in [-0.2, 0) is 4.74 Å². The van der Waals surface area contributed by atoms with Gasteiger partial charge in [0.1, 0.15) is 5.82 Å². The van der Waals surface area contributed by atoms with Crippen molar-refractivity contribution in [1.29, 1.82) is 0 Å². The molecule has 1 aliphatic rings. The number of anilines is 1. The van der Waals surface area contributed by atoms with Crippen molar-refractivity contribution in [2.75, 3.05) is 38.6 Å². The molecule has 0 spiro atoms. The summed E-state index contributed by atoms with van der Waals surface area (Å²) >= 11 is 0. The van der Waals surface area contributed by atoms with Crippen LogP contribution in [0.5, 0.6) is 0 Å². The minimum absolute atomic E-state index is 0. The van der Waals surface area contributed by atoms with Crippen LogP contribution in [0.15, 0.2) is 42.5 Å². The second kappa shape index (κ2) is 11.2. The summed E-state index contributed by atoms with van der Waals surface area (Å²) < 4.78 is 18.7. The van der Waals surface area contributed by atoms with E-state index in [2.05, 4.69) is 10.2 Å². The van der Waals surface area contributed by atoms with Crippen molar-refractivity contribution in [3.8, 4) is 0 Å². The van der Waals surface area contributed by atoms with Gasteiger partial charge in [-0.15, -0.1) is 24.8 Å². The fraction of sp³-hybridized carbons (Fsp3) is 0.350. The molecule has 2 aromatic carbocycles. The van der Waals surface area contributed by atoms with Crippen LogP contribution in [0.2, 0.25) is 0 Å². The molecule has 154 valence electrons. The second-order valence-electron chi connectivity index (χ2n) is 6.50. The van der Waals surface area contributed by atoms with E-state index in [1.165, 1.54) is 12.1 Å². The van der Waals surface area contributed by atoms with Gasteiger partial charge < -0.3 is 15.8 Å². The molecule has 0 radical (unpaired) electrons. The Kier molecular flexibility index (Phi) is 9.69. The summed E-state index contributed by atoms with van der Waals surface area (Å²) in [6.45, 7) is 5.16. The normalized spacial score (nSPS) is 15.1. The Hall–Kier alpha value is -1.86. The summed E-state index contributed by atoms with van der Waals surface area (Å²) in [6, 6.07) is 11.7. The summed E-state index contributed by atoms with van der Waals surface area (Å²) in [7, 11) is 0. The molecule has 1 amide bonds. The Balaban J connectivity index is 0.00000196. The lowest BCUT2D eigenvalue weighted by molar-refractivity contribution is 0.0162. The van der Waals surface area contributed by atoms with Crippen molar-refractivity contribution in [3.63, 3.8) is 0 Å². The van der Waals surface area contributed by atoms with Crippen LogP contribution in [0, 0.1) is 12.7 Å². The lowest BCUT2D eigenvalue weighted by Crippen LogP contribution is -2.43. The van der Waals surface area contributed by atoms with Crippen LogP contribution in [0.25, 0.3) is 0 Å². The monoisotopic (exact) mass is 429 g/mol. The fourth-order valence-corrected chi connectivity index (χ4v) is 3.20. The van der Waals surface area contributed by atoms with Gasteiger partial charge in [-0.05, 0) is 42.3 Å². The Labute approximate surface area is 177 Å². The minimum Gasteiger partial charge on any atom is -0.399 e. The van der Waals surface area contributed by atoms with Crippen LogP contribution in [0.4, 0.5) is 10.1 Å². The molecular weight excluding hydrogens is 404 g/mol. The van der Waals surface area contributed by atoms with Crippen LogP contribution < -0.4 is 11.1 Å². The van der Waals surface area contributed by atoms with E-state index < -0.39 is 0 Å². The van der Waals surface area contributed by atoms with Gasteiger partial charge in [0.15, 0.2) is 0 Å². The Morgan fingerprint density at radius 2 is 1.82 bits per heavy atom. The molecule has 0 saturated carbocycles. The molecule has 2 aromatic rings. The number of morpholine rings is 1. The van der Waals surface area contributed by atoms with Crippen LogP contribution in [-0.4, -0.2) is 43.7 Å². The van der Waals surface area contributed by atoms with Crippen molar-refractivity contribution in [2.45, 2.75) is 13.0 Å². The first-order valence-corrected chi connectivity index (χ1v) is 8.76. The number of nitrogens with two attached hydrogens (primary N) is 1. The third-order valence-corrected chi connectivity index (χ3v) is 4.70. The lowest BCUT2D eigenvalue weighted by atomic mass is 10.0. The number of hydrogen-bond acceptors (Lipinski definition) is 4. The molecule has 1 saturated heterocycles. The topological polar surface area (TPSA) is 67.6 Å². The van der Waals surface area contributed by atoms with Gasteiger partial charge in [-0.3, -0.25) is 9.69 Å². The number of nitrogen functional groups attached to an aromatic ring is 1. The number of nitrogens with one attached hydrogen (secondary N) is 1. The Morgan fingerprint density at radius 1 is 1.18 bits per heavy atom. The Bertz CT molecular complexity index is 769. The van der Waals surface area contributed by atoms with Crippen molar-refractivity contribution < 1.29 is 13.9 Å². The molecule has 1 atom stereocenters. The number of aryl methyl sites for hydroxylation is 1. The molecular formula is C20H26Cl2FN3O2. The van der Waals surface area contributed by atoms with Crippen LogP contribution in [0.1, 0.15) is 27.5 Å². The quantitative estimate of drug-likeness (QED) is 0.714. The number of rotatable bonds is 5. The lowest BCUT2D eigenvalue weighted by Gasteiger charge is -2.35. The van der Waals surface area contributed by atoms with Gasteiger partial charge in [0.2, 0.25) is 0 Å². The van der Waals surface area contributed by atoms with Gasteiger partial charge in [0, 0.05) is 30.9 Å². The number of nitrogens with zero attached hydrogens (tertiary/aromatic N) is 1. The van der Waals surface area contributed by atoms with Crippen molar-refractivity contribution >= 4 is 36.4 Å². The summed E-state index contributed by atoms with van der Waals surface area (Å²) in [5.41, 5.74) is 8.79. The van der Waals surface area contributed by atoms with E-state index in [1.807, 2.05) is 13.0 Å². The first-order chi connectivity index (χ1) is 12.5. The molecule has 1 fully saturated rings. The van der Waals surface area contributed by atoms with Crippen molar-refractivity contribution in [3.05, 3.63) is 65.0 Å². The average Bonchev–Trinajstić information content (AvgIpc) is 2.66. The first kappa shape index (κ1) is 24.2. The van der Waals surface area contributed by atoms with E-state index in [4.69, 9.17) is 10.5 Å². The van der Waals surface area contributed by atoms with Crippen LogP contribution in [0.3, 0.4) is 0 Å². The number of hydrogen-bond donors (Lipinski definition) is 2. The summed E-state index contributed by atoms with van der Waals surface area (Å²) in [5.74, 6) is -0.427. The molecule has 1 heterocycles. The zero-order valence-electron chi connectivity index (χ0n) is 15.7. The van der Waals surface area contributed by atoms with Gasteiger partial charge in [0.05, 0.1) is 19.3 Å².